The molecular formula is C13H11ClN2. The maximum atomic E-state index is 6.03. The van der Waals surface area contributed by atoms with Crippen LogP contribution in [0.5, 0.6) is 0 Å². The zero-order chi connectivity index (χ0) is 11.4. The van der Waals surface area contributed by atoms with E-state index in [0.29, 0.717) is 5.02 Å². The van der Waals surface area contributed by atoms with Crippen molar-refractivity contribution in [2.45, 2.75) is 6.92 Å². The van der Waals surface area contributed by atoms with Gasteiger partial charge in [0, 0.05) is 6.20 Å². The van der Waals surface area contributed by atoms with Crippen molar-refractivity contribution in [2.24, 2.45) is 4.99 Å². The standard InChI is InChI=1S/C13H11ClN2/c1-10(12-7-4-5-9-15-12)16-13-8-3-2-6-11(13)14/h2-9H,1H3. The Balaban J connectivity index is 2.36. The monoisotopic (exact) mass is 230 g/mol. The highest BCUT2D eigenvalue weighted by Crippen LogP contribution is 2.24. The number of rotatable bonds is 2. The molecule has 0 N–H and O–H groups in total. The topological polar surface area (TPSA) is 25.2 Å². The summed E-state index contributed by atoms with van der Waals surface area (Å²) in [5, 5.41) is 0.651. The predicted molar refractivity (Wildman–Crippen MR) is 67.6 cm³/mol. The Morgan fingerprint density at radius 2 is 1.88 bits per heavy atom. The number of pyridine rings is 1. The molecule has 0 amide bonds. The van der Waals surface area contributed by atoms with Crippen LogP contribution in [0.1, 0.15) is 12.6 Å². The minimum absolute atomic E-state index is 0.651. The van der Waals surface area contributed by atoms with Crippen molar-refractivity contribution < 1.29 is 0 Å². The van der Waals surface area contributed by atoms with Gasteiger partial charge in [-0.3, -0.25) is 4.98 Å². The molecule has 3 heteroatoms. The number of benzene rings is 1. The quantitative estimate of drug-likeness (QED) is 0.719. The summed E-state index contributed by atoms with van der Waals surface area (Å²) in [6.07, 6.45) is 1.75. The lowest BCUT2D eigenvalue weighted by Crippen LogP contribution is -1.96. The summed E-state index contributed by atoms with van der Waals surface area (Å²) in [6, 6.07) is 13.3. The van der Waals surface area contributed by atoms with Gasteiger partial charge in [0.15, 0.2) is 0 Å². The SMILES string of the molecule is CC(=Nc1ccccc1Cl)c1ccccn1. The molecule has 2 nitrogen and oxygen atoms in total. The van der Waals surface area contributed by atoms with E-state index in [9.17, 15) is 0 Å². The Hall–Kier alpha value is -1.67. The summed E-state index contributed by atoms with van der Waals surface area (Å²) < 4.78 is 0. The van der Waals surface area contributed by atoms with E-state index < -0.39 is 0 Å². The van der Waals surface area contributed by atoms with Gasteiger partial charge in [0.05, 0.1) is 22.1 Å². The summed E-state index contributed by atoms with van der Waals surface area (Å²) in [6.45, 7) is 1.92. The van der Waals surface area contributed by atoms with Gasteiger partial charge in [0.1, 0.15) is 0 Å². The number of aliphatic imine (C=N–C) groups is 1. The largest absolute Gasteiger partial charge is 0.255 e. The van der Waals surface area contributed by atoms with Crippen LogP contribution in [0.15, 0.2) is 53.7 Å². The van der Waals surface area contributed by atoms with Gasteiger partial charge in [-0.15, -0.1) is 0 Å². The van der Waals surface area contributed by atoms with Crippen LogP contribution in [-0.2, 0) is 0 Å². The molecule has 0 aliphatic carbocycles. The van der Waals surface area contributed by atoms with Gasteiger partial charge in [-0.25, -0.2) is 4.99 Å². The highest BCUT2D eigenvalue weighted by Gasteiger charge is 2.00. The molecule has 2 rings (SSSR count). The molecule has 0 atom stereocenters. The first kappa shape index (κ1) is 10.8. The van der Waals surface area contributed by atoms with E-state index in [1.807, 2.05) is 49.4 Å². The van der Waals surface area contributed by atoms with E-state index in [-0.39, 0.29) is 0 Å². The molecule has 0 bridgehead atoms. The highest BCUT2D eigenvalue weighted by molar-refractivity contribution is 6.33. The fourth-order valence-electron chi connectivity index (χ4n) is 1.36. The maximum absolute atomic E-state index is 6.03. The Labute approximate surface area is 99.6 Å². The second kappa shape index (κ2) is 4.90. The molecule has 1 aromatic heterocycles. The lowest BCUT2D eigenvalue weighted by molar-refractivity contribution is 1.28. The third-order valence-electron chi connectivity index (χ3n) is 2.18. The van der Waals surface area contributed by atoms with Crippen molar-refractivity contribution in [3.05, 3.63) is 59.4 Å². The van der Waals surface area contributed by atoms with Crippen LogP contribution in [0, 0.1) is 0 Å². The Morgan fingerprint density at radius 1 is 1.12 bits per heavy atom. The molecule has 1 heterocycles. The molecule has 16 heavy (non-hydrogen) atoms. The first-order valence-corrected chi connectivity index (χ1v) is 5.36. The number of halogens is 1. The summed E-state index contributed by atoms with van der Waals surface area (Å²) in [5.41, 5.74) is 2.49. The normalized spacial score (nSPS) is 11.5. The van der Waals surface area contributed by atoms with Gasteiger partial charge in [-0.1, -0.05) is 29.8 Å². The lowest BCUT2D eigenvalue weighted by Gasteiger charge is -2.01. The fraction of sp³-hybridized carbons (Fsp3) is 0.0769. The van der Waals surface area contributed by atoms with Crippen molar-refractivity contribution in [1.29, 1.82) is 0 Å². The van der Waals surface area contributed by atoms with Crippen molar-refractivity contribution in [3.63, 3.8) is 0 Å². The van der Waals surface area contributed by atoms with Crippen LogP contribution in [-0.4, -0.2) is 10.7 Å². The summed E-state index contributed by atoms with van der Waals surface area (Å²) in [7, 11) is 0. The van der Waals surface area contributed by atoms with E-state index in [1.54, 1.807) is 6.20 Å². The number of hydrogen-bond donors (Lipinski definition) is 0. The van der Waals surface area contributed by atoms with Crippen LogP contribution in [0.4, 0.5) is 5.69 Å². The molecule has 0 saturated heterocycles. The summed E-state index contributed by atoms with van der Waals surface area (Å²) in [4.78, 5) is 8.68. The molecule has 0 aliphatic rings. The Bertz CT molecular complexity index is 506. The zero-order valence-corrected chi connectivity index (χ0v) is 9.65. The van der Waals surface area contributed by atoms with E-state index in [0.717, 1.165) is 17.1 Å². The second-order valence-electron chi connectivity index (χ2n) is 3.36. The molecule has 1 aromatic carbocycles. The van der Waals surface area contributed by atoms with Gasteiger partial charge < -0.3 is 0 Å². The zero-order valence-electron chi connectivity index (χ0n) is 8.89. The van der Waals surface area contributed by atoms with Gasteiger partial charge in [0.2, 0.25) is 0 Å². The molecule has 0 aliphatic heterocycles. The number of para-hydroxylation sites is 1. The highest BCUT2D eigenvalue weighted by atomic mass is 35.5. The van der Waals surface area contributed by atoms with Crippen molar-refractivity contribution in [1.82, 2.24) is 4.98 Å². The second-order valence-corrected chi connectivity index (χ2v) is 3.77. The molecule has 0 saturated carbocycles. The summed E-state index contributed by atoms with van der Waals surface area (Å²) in [5.74, 6) is 0. The smallest absolute Gasteiger partial charge is 0.0841 e. The molecule has 0 radical (unpaired) electrons. The molecule has 0 unspecified atom stereocenters. The van der Waals surface area contributed by atoms with Crippen LogP contribution in [0.2, 0.25) is 5.02 Å². The van der Waals surface area contributed by atoms with E-state index in [1.165, 1.54) is 0 Å². The van der Waals surface area contributed by atoms with E-state index in [4.69, 9.17) is 11.6 Å². The molecule has 0 spiro atoms. The molecular weight excluding hydrogens is 220 g/mol. The maximum Gasteiger partial charge on any atom is 0.0841 e. The van der Waals surface area contributed by atoms with Crippen LogP contribution < -0.4 is 0 Å². The molecule has 2 aromatic rings. The van der Waals surface area contributed by atoms with Gasteiger partial charge in [-0.2, -0.15) is 0 Å². The van der Waals surface area contributed by atoms with Crippen LogP contribution in [0.3, 0.4) is 0 Å². The summed E-state index contributed by atoms with van der Waals surface area (Å²) >= 11 is 6.03. The minimum atomic E-state index is 0.651. The number of hydrogen-bond acceptors (Lipinski definition) is 2. The van der Waals surface area contributed by atoms with Gasteiger partial charge in [0.25, 0.3) is 0 Å². The van der Waals surface area contributed by atoms with E-state index in [2.05, 4.69) is 9.98 Å². The van der Waals surface area contributed by atoms with Crippen molar-refractivity contribution in [3.8, 4) is 0 Å². The van der Waals surface area contributed by atoms with Crippen molar-refractivity contribution in [2.75, 3.05) is 0 Å². The van der Waals surface area contributed by atoms with E-state index >= 15 is 0 Å². The molecule has 80 valence electrons. The first-order valence-electron chi connectivity index (χ1n) is 4.98. The van der Waals surface area contributed by atoms with Gasteiger partial charge >= 0.3 is 0 Å². The number of aromatic nitrogens is 1. The minimum Gasteiger partial charge on any atom is -0.255 e. The third kappa shape index (κ3) is 2.47. The molecule has 0 fully saturated rings. The van der Waals surface area contributed by atoms with Crippen LogP contribution in [0.25, 0.3) is 0 Å². The average molecular weight is 231 g/mol. The van der Waals surface area contributed by atoms with Crippen LogP contribution >= 0.6 is 11.6 Å². The average Bonchev–Trinajstić information content (AvgIpc) is 2.33. The third-order valence-corrected chi connectivity index (χ3v) is 2.50. The Morgan fingerprint density at radius 3 is 2.56 bits per heavy atom. The van der Waals surface area contributed by atoms with Gasteiger partial charge in [-0.05, 0) is 31.2 Å². The van der Waals surface area contributed by atoms with Crippen molar-refractivity contribution >= 4 is 23.0 Å². The Kier molecular flexibility index (Phi) is 3.32. The predicted octanol–water partition coefficient (Wildman–Crippen LogP) is 3.88. The number of nitrogens with zero attached hydrogens (tertiary/aromatic N) is 2. The fourth-order valence-corrected chi connectivity index (χ4v) is 1.54. The first-order chi connectivity index (χ1) is 7.77. The lowest BCUT2D eigenvalue weighted by atomic mass is 10.2.